The van der Waals surface area contributed by atoms with Gasteiger partial charge in [-0.1, -0.05) is 36.4 Å². The third-order valence-electron chi connectivity index (χ3n) is 5.51. The van der Waals surface area contributed by atoms with Crippen molar-refractivity contribution in [1.82, 2.24) is 9.97 Å². The number of anilines is 2. The molecule has 0 unspecified atom stereocenters. The van der Waals surface area contributed by atoms with E-state index in [1.807, 2.05) is 24.3 Å². The molecular formula is C28H26N4O5. The quantitative estimate of drug-likeness (QED) is 0.347. The number of nitrogens with zero attached hydrogens (tertiary/aromatic N) is 2. The second kappa shape index (κ2) is 11.7. The van der Waals surface area contributed by atoms with E-state index in [9.17, 15) is 9.59 Å². The molecule has 37 heavy (non-hydrogen) atoms. The second-order valence-corrected chi connectivity index (χ2v) is 7.92. The minimum Gasteiger partial charge on any atom is -0.493 e. The first kappa shape index (κ1) is 25.2. The summed E-state index contributed by atoms with van der Waals surface area (Å²) < 4.78 is 16.3. The highest BCUT2D eigenvalue weighted by atomic mass is 16.5. The normalized spacial score (nSPS) is 10.4. The molecule has 0 saturated carbocycles. The van der Waals surface area contributed by atoms with E-state index in [-0.39, 0.29) is 23.6 Å². The van der Waals surface area contributed by atoms with Crippen LogP contribution in [-0.2, 0) is 6.42 Å². The fourth-order valence-electron chi connectivity index (χ4n) is 3.69. The van der Waals surface area contributed by atoms with Crippen LogP contribution >= 0.6 is 0 Å². The maximum Gasteiger partial charge on any atom is 0.258 e. The van der Waals surface area contributed by atoms with Gasteiger partial charge in [0, 0.05) is 29.3 Å². The first-order valence-electron chi connectivity index (χ1n) is 11.4. The van der Waals surface area contributed by atoms with Crippen molar-refractivity contribution in [2.45, 2.75) is 6.42 Å². The van der Waals surface area contributed by atoms with E-state index in [2.05, 4.69) is 20.6 Å². The van der Waals surface area contributed by atoms with Crippen LogP contribution in [0.2, 0.25) is 0 Å². The van der Waals surface area contributed by atoms with Crippen molar-refractivity contribution in [3.63, 3.8) is 0 Å². The Morgan fingerprint density at radius 1 is 0.757 bits per heavy atom. The Bertz CT molecular complexity index is 1370. The van der Waals surface area contributed by atoms with Gasteiger partial charge in [-0.3, -0.25) is 14.9 Å². The van der Waals surface area contributed by atoms with Gasteiger partial charge in [0.1, 0.15) is 5.82 Å². The zero-order chi connectivity index (χ0) is 26.2. The summed E-state index contributed by atoms with van der Waals surface area (Å²) in [4.78, 5) is 34.3. The van der Waals surface area contributed by atoms with Gasteiger partial charge in [-0.25, -0.2) is 4.98 Å². The van der Waals surface area contributed by atoms with Crippen LogP contribution in [0, 0.1) is 0 Å². The molecule has 0 aliphatic rings. The zero-order valence-corrected chi connectivity index (χ0v) is 20.6. The van der Waals surface area contributed by atoms with Gasteiger partial charge < -0.3 is 19.5 Å². The Kier molecular flexibility index (Phi) is 7.95. The Morgan fingerprint density at radius 3 is 1.81 bits per heavy atom. The SMILES string of the molecule is COc1cc(Cc2cnc(NC(=O)c3ccccc3)nc2NC(=O)c2ccccc2)cc(OC)c1OC. The predicted molar refractivity (Wildman–Crippen MR) is 140 cm³/mol. The van der Waals surface area contributed by atoms with E-state index in [4.69, 9.17) is 14.2 Å². The molecule has 9 heteroatoms. The van der Waals surface area contributed by atoms with Crippen molar-refractivity contribution in [2.24, 2.45) is 0 Å². The van der Waals surface area contributed by atoms with Gasteiger partial charge in [0.15, 0.2) is 11.5 Å². The number of nitrogens with one attached hydrogen (secondary N) is 2. The molecule has 0 atom stereocenters. The molecule has 188 valence electrons. The summed E-state index contributed by atoms with van der Waals surface area (Å²) >= 11 is 0. The molecular weight excluding hydrogens is 472 g/mol. The fraction of sp³-hybridized carbons (Fsp3) is 0.143. The third-order valence-corrected chi connectivity index (χ3v) is 5.51. The first-order valence-corrected chi connectivity index (χ1v) is 11.4. The van der Waals surface area contributed by atoms with E-state index in [0.29, 0.717) is 40.4 Å². The van der Waals surface area contributed by atoms with Crippen LogP contribution in [0.5, 0.6) is 17.2 Å². The van der Waals surface area contributed by atoms with Crippen molar-refractivity contribution in [2.75, 3.05) is 32.0 Å². The monoisotopic (exact) mass is 498 g/mol. The van der Waals surface area contributed by atoms with E-state index < -0.39 is 0 Å². The number of hydrogen-bond donors (Lipinski definition) is 2. The van der Waals surface area contributed by atoms with Crippen LogP contribution in [0.15, 0.2) is 79.0 Å². The zero-order valence-electron chi connectivity index (χ0n) is 20.6. The Labute approximate surface area is 214 Å². The van der Waals surface area contributed by atoms with Crippen molar-refractivity contribution in [1.29, 1.82) is 0 Å². The molecule has 2 N–H and O–H groups in total. The molecule has 1 aromatic heterocycles. The highest BCUT2D eigenvalue weighted by Crippen LogP contribution is 2.39. The van der Waals surface area contributed by atoms with Crippen LogP contribution in [0.1, 0.15) is 31.8 Å². The summed E-state index contributed by atoms with van der Waals surface area (Å²) in [7, 11) is 4.62. The largest absolute Gasteiger partial charge is 0.493 e. The lowest BCUT2D eigenvalue weighted by atomic mass is 10.1. The molecule has 0 fully saturated rings. The molecule has 4 rings (SSSR count). The Morgan fingerprint density at radius 2 is 1.30 bits per heavy atom. The lowest BCUT2D eigenvalue weighted by Crippen LogP contribution is -2.18. The number of amides is 2. The van der Waals surface area contributed by atoms with Crippen molar-refractivity contribution in [3.8, 4) is 17.2 Å². The van der Waals surface area contributed by atoms with Crippen molar-refractivity contribution >= 4 is 23.6 Å². The summed E-state index contributed by atoms with van der Waals surface area (Å²) in [6.07, 6.45) is 1.91. The van der Waals surface area contributed by atoms with Gasteiger partial charge in [-0.05, 0) is 42.0 Å². The summed E-state index contributed by atoms with van der Waals surface area (Å²) in [5.74, 6) is 1.09. The smallest absolute Gasteiger partial charge is 0.258 e. The van der Waals surface area contributed by atoms with Gasteiger partial charge in [0.05, 0.1) is 21.3 Å². The molecule has 0 radical (unpaired) electrons. The molecule has 0 saturated heterocycles. The lowest BCUT2D eigenvalue weighted by Gasteiger charge is -2.16. The minimum atomic E-state index is -0.363. The van der Waals surface area contributed by atoms with E-state index >= 15 is 0 Å². The molecule has 4 aromatic rings. The predicted octanol–water partition coefficient (Wildman–Crippen LogP) is 4.60. The maximum atomic E-state index is 12.9. The Balaban J connectivity index is 1.68. The molecule has 0 aliphatic heterocycles. The van der Waals surface area contributed by atoms with E-state index in [1.165, 1.54) is 7.11 Å². The number of methoxy groups -OCH3 is 3. The highest BCUT2D eigenvalue weighted by molar-refractivity contribution is 6.05. The van der Waals surface area contributed by atoms with Gasteiger partial charge in [0.2, 0.25) is 11.7 Å². The molecule has 0 bridgehead atoms. The summed E-state index contributed by atoms with van der Waals surface area (Å²) in [6, 6.07) is 21.1. The number of aromatic nitrogens is 2. The third kappa shape index (κ3) is 6.02. The summed E-state index contributed by atoms with van der Waals surface area (Å²) in [6.45, 7) is 0. The molecule has 1 heterocycles. The molecule has 9 nitrogen and oxygen atoms in total. The lowest BCUT2D eigenvalue weighted by molar-refractivity contribution is 0.101. The van der Waals surface area contributed by atoms with Crippen LogP contribution in [0.25, 0.3) is 0 Å². The van der Waals surface area contributed by atoms with Gasteiger partial charge >= 0.3 is 0 Å². The standard InChI is InChI=1S/C28H26N4O5/c1-35-22-15-18(16-23(36-2)24(22)37-3)14-21-17-29-28(32-27(34)20-12-8-5-9-13-20)31-25(21)30-26(33)19-10-6-4-7-11-19/h4-13,15-17H,14H2,1-3H3,(H2,29,30,31,32,33,34). The average Bonchev–Trinajstić information content (AvgIpc) is 2.94. The van der Waals surface area contributed by atoms with Crippen LogP contribution in [0.4, 0.5) is 11.8 Å². The van der Waals surface area contributed by atoms with Crippen LogP contribution < -0.4 is 24.8 Å². The number of ether oxygens (including phenoxy) is 3. The van der Waals surface area contributed by atoms with Gasteiger partial charge in [-0.15, -0.1) is 0 Å². The Hall–Kier alpha value is -4.92. The summed E-state index contributed by atoms with van der Waals surface area (Å²) in [5.41, 5.74) is 2.36. The van der Waals surface area contributed by atoms with Gasteiger partial charge in [0.25, 0.3) is 11.8 Å². The number of hydrogen-bond acceptors (Lipinski definition) is 7. The van der Waals surface area contributed by atoms with Gasteiger partial charge in [-0.2, -0.15) is 4.98 Å². The first-order chi connectivity index (χ1) is 18.0. The molecule has 3 aromatic carbocycles. The average molecular weight is 499 g/mol. The fourth-order valence-corrected chi connectivity index (χ4v) is 3.69. The second-order valence-electron chi connectivity index (χ2n) is 7.92. The number of carbonyl (C=O) groups excluding carboxylic acids is 2. The molecule has 2 amide bonds. The maximum absolute atomic E-state index is 12.9. The summed E-state index contributed by atoms with van der Waals surface area (Å²) in [5, 5.41) is 5.54. The van der Waals surface area contributed by atoms with Crippen molar-refractivity contribution in [3.05, 3.63) is 101 Å². The minimum absolute atomic E-state index is 0.0610. The number of carbonyl (C=O) groups is 2. The van der Waals surface area contributed by atoms with Crippen molar-refractivity contribution < 1.29 is 23.8 Å². The van der Waals surface area contributed by atoms with Crippen LogP contribution in [-0.4, -0.2) is 43.1 Å². The topological polar surface area (TPSA) is 112 Å². The highest BCUT2D eigenvalue weighted by Gasteiger charge is 2.18. The van der Waals surface area contributed by atoms with E-state index in [1.54, 1.807) is 68.9 Å². The van der Waals surface area contributed by atoms with Crippen LogP contribution in [0.3, 0.4) is 0 Å². The number of benzene rings is 3. The molecule has 0 aliphatic carbocycles. The number of rotatable bonds is 9. The molecule has 0 spiro atoms. The van der Waals surface area contributed by atoms with E-state index in [0.717, 1.165) is 5.56 Å².